The maximum Gasteiger partial charge on any atom is 0.333 e. The number of amides is 2. The van der Waals surface area contributed by atoms with Crippen molar-refractivity contribution in [3.63, 3.8) is 0 Å². The van der Waals surface area contributed by atoms with E-state index in [1.165, 1.54) is 0 Å². The summed E-state index contributed by atoms with van der Waals surface area (Å²) in [5, 5.41) is 0. The maximum atomic E-state index is 13.1. The summed E-state index contributed by atoms with van der Waals surface area (Å²) in [7, 11) is 0. The van der Waals surface area contributed by atoms with E-state index >= 15 is 0 Å². The van der Waals surface area contributed by atoms with Crippen molar-refractivity contribution >= 4 is 23.1 Å². The normalized spacial score (nSPS) is 13.8. The van der Waals surface area contributed by atoms with Crippen molar-refractivity contribution in [2.45, 2.75) is 6.54 Å². The molecule has 0 saturated heterocycles. The van der Waals surface area contributed by atoms with Crippen molar-refractivity contribution in [2.24, 2.45) is 0 Å². The molecular weight excluding hydrogens is 284 g/mol. The summed E-state index contributed by atoms with van der Waals surface area (Å²) in [5.74, 6) is 0. The molecule has 0 saturated carbocycles. The zero-order valence-corrected chi connectivity index (χ0v) is 12.6. The third-order valence-corrected chi connectivity index (χ3v) is 4.07. The quantitative estimate of drug-likeness (QED) is 0.656. The van der Waals surface area contributed by atoms with Crippen molar-refractivity contribution in [3.05, 3.63) is 90.5 Å². The van der Waals surface area contributed by atoms with Crippen LogP contribution in [-0.4, -0.2) is 6.03 Å². The molecule has 3 aromatic rings. The van der Waals surface area contributed by atoms with E-state index in [4.69, 9.17) is 0 Å². The first-order valence-electron chi connectivity index (χ1n) is 7.64. The van der Waals surface area contributed by atoms with Crippen LogP contribution < -0.4 is 9.80 Å². The van der Waals surface area contributed by atoms with E-state index in [0.29, 0.717) is 6.54 Å². The fraction of sp³-hybridized carbons (Fsp3) is 0.0500. The highest BCUT2D eigenvalue weighted by Crippen LogP contribution is 2.36. The molecule has 0 bridgehead atoms. The molecule has 0 aliphatic carbocycles. The van der Waals surface area contributed by atoms with E-state index in [9.17, 15) is 4.79 Å². The Kier molecular flexibility index (Phi) is 3.31. The molecule has 0 aromatic heterocycles. The number of rotatable bonds is 2. The number of fused-ring (bicyclic) bond motifs is 1. The Labute approximate surface area is 135 Å². The maximum absolute atomic E-state index is 13.1. The number of hydrogen-bond donors (Lipinski definition) is 0. The average molecular weight is 300 g/mol. The molecule has 0 fully saturated rings. The minimum absolute atomic E-state index is 0.0268. The van der Waals surface area contributed by atoms with Crippen LogP contribution in [0.4, 0.5) is 21.9 Å². The van der Waals surface area contributed by atoms with Crippen LogP contribution in [-0.2, 0) is 6.54 Å². The number of urea groups is 1. The molecule has 0 spiro atoms. The van der Waals surface area contributed by atoms with Gasteiger partial charge in [-0.2, -0.15) is 0 Å². The molecule has 1 heterocycles. The minimum Gasteiger partial charge on any atom is -0.289 e. The summed E-state index contributed by atoms with van der Waals surface area (Å²) >= 11 is 0. The third-order valence-electron chi connectivity index (χ3n) is 4.07. The largest absolute Gasteiger partial charge is 0.333 e. The number of para-hydroxylation sites is 3. The molecule has 0 radical (unpaired) electrons. The molecule has 0 atom stereocenters. The van der Waals surface area contributed by atoms with Gasteiger partial charge in [0.1, 0.15) is 0 Å². The second-order valence-corrected chi connectivity index (χ2v) is 5.50. The molecule has 3 heteroatoms. The van der Waals surface area contributed by atoms with Crippen LogP contribution in [0.3, 0.4) is 0 Å². The lowest BCUT2D eigenvalue weighted by Gasteiger charge is -2.37. The van der Waals surface area contributed by atoms with Gasteiger partial charge < -0.3 is 0 Å². The fourth-order valence-electron chi connectivity index (χ4n) is 2.96. The van der Waals surface area contributed by atoms with Gasteiger partial charge in [0.15, 0.2) is 0 Å². The van der Waals surface area contributed by atoms with Crippen molar-refractivity contribution in [1.29, 1.82) is 0 Å². The first-order valence-corrected chi connectivity index (χ1v) is 7.64. The van der Waals surface area contributed by atoms with Gasteiger partial charge in [-0.3, -0.25) is 9.80 Å². The zero-order chi connectivity index (χ0) is 15.6. The number of anilines is 3. The number of carbonyl (C=O) groups is 1. The lowest BCUT2D eigenvalue weighted by atomic mass is 10.1. The highest BCUT2D eigenvalue weighted by Gasteiger charge is 2.31. The van der Waals surface area contributed by atoms with E-state index in [0.717, 1.165) is 22.6 Å². The smallest absolute Gasteiger partial charge is 0.289 e. The van der Waals surface area contributed by atoms with Crippen LogP contribution >= 0.6 is 0 Å². The van der Waals surface area contributed by atoms with Gasteiger partial charge >= 0.3 is 6.03 Å². The average Bonchev–Trinajstić information content (AvgIpc) is 2.63. The first-order chi connectivity index (χ1) is 11.3. The summed E-state index contributed by atoms with van der Waals surface area (Å²) in [5.41, 5.74) is 3.88. The molecule has 2 amide bonds. The first kappa shape index (κ1) is 13.6. The molecule has 1 aliphatic rings. The Morgan fingerprint density at radius 2 is 1.22 bits per heavy atom. The van der Waals surface area contributed by atoms with Gasteiger partial charge in [0.2, 0.25) is 0 Å². The van der Waals surface area contributed by atoms with Crippen molar-refractivity contribution in [1.82, 2.24) is 0 Å². The molecule has 0 unspecified atom stereocenters. The summed E-state index contributed by atoms with van der Waals surface area (Å²) in [4.78, 5) is 16.7. The molecule has 3 nitrogen and oxygen atoms in total. The second-order valence-electron chi connectivity index (χ2n) is 5.50. The fourth-order valence-corrected chi connectivity index (χ4v) is 2.96. The van der Waals surface area contributed by atoms with E-state index in [-0.39, 0.29) is 6.03 Å². The Bertz CT molecular complexity index is 831. The van der Waals surface area contributed by atoms with Crippen molar-refractivity contribution in [3.8, 4) is 0 Å². The number of benzene rings is 3. The Morgan fingerprint density at radius 3 is 1.91 bits per heavy atom. The lowest BCUT2D eigenvalue weighted by Crippen LogP contribution is -2.44. The molecule has 3 aromatic carbocycles. The molecular formula is C20H16N2O. The van der Waals surface area contributed by atoms with E-state index < -0.39 is 0 Å². The number of hydrogen-bond acceptors (Lipinski definition) is 1. The zero-order valence-electron chi connectivity index (χ0n) is 12.6. The van der Waals surface area contributed by atoms with Crippen molar-refractivity contribution in [2.75, 3.05) is 9.80 Å². The minimum atomic E-state index is -0.0268. The molecule has 4 rings (SSSR count). The van der Waals surface area contributed by atoms with Gasteiger partial charge in [-0.05, 0) is 35.9 Å². The highest BCUT2D eigenvalue weighted by atomic mass is 16.2. The van der Waals surface area contributed by atoms with Crippen molar-refractivity contribution < 1.29 is 4.79 Å². The molecule has 0 N–H and O–H groups in total. The Hall–Kier alpha value is -3.07. The van der Waals surface area contributed by atoms with Gasteiger partial charge in [0, 0.05) is 5.69 Å². The van der Waals surface area contributed by atoms with Crippen LogP contribution in [0.25, 0.3) is 0 Å². The topological polar surface area (TPSA) is 23.6 Å². The van der Waals surface area contributed by atoms with Crippen LogP contribution in [0.2, 0.25) is 0 Å². The van der Waals surface area contributed by atoms with Crippen LogP contribution in [0.15, 0.2) is 84.9 Å². The number of carbonyl (C=O) groups excluding carboxylic acids is 1. The third kappa shape index (κ3) is 2.36. The van der Waals surface area contributed by atoms with E-state index in [2.05, 4.69) is 6.07 Å². The number of nitrogens with zero attached hydrogens (tertiary/aromatic N) is 2. The summed E-state index contributed by atoms with van der Waals surface area (Å²) < 4.78 is 0. The standard InChI is InChI=1S/C20H16N2O/c23-20-21(17-10-3-1-4-11-17)15-16-9-7-8-14-19(16)22(20)18-12-5-2-6-13-18/h1-14H,15H2. The second kappa shape index (κ2) is 5.61. The summed E-state index contributed by atoms with van der Waals surface area (Å²) in [6.45, 7) is 0.586. The predicted octanol–water partition coefficient (Wildman–Crippen LogP) is 4.96. The lowest BCUT2D eigenvalue weighted by molar-refractivity contribution is 0.252. The predicted molar refractivity (Wildman–Crippen MR) is 93.0 cm³/mol. The van der Waals surface area contributed by atoms with E-state index in [1.54, 1.807) is 4.90 Å². The van der Waals surface area contributed by atoms with Gasteiger partial charge in [-0.15, -0.1) is 0 Å². The van der Waals surface area contributed by atoms with Gasteiger partial charge in [0.05, 0.1) is 17.9 Å². The van der Waals surface area contributed by atoms with Gasteiger partial charge in [0.25, 0.3) is 0 Å². The monoisotopic (exact) mass is 300 g/mol. The van der Waals surface area contributed by atoms with Crippen LogP contribution in [0, 0.1) is 0 Å². The van der Waals surface area contributed by atoms with Crippen LogP contribution in [0.1, 0.15) is 5.56 Å². The highest BCUT2D eigenvalue weighted by molar-refractivity contribution is 6.10. The molecule has 23 heavy (non-hydrogen) atoms. The Balaban J connectivity index is 1.85. The SMILES string of the molecule is O=C1N(c2ccccc2)Cc2ccccc2N1c1ccccc1. The molecule has 1 aliphatic heterocycles. The van der Waals surface area contributed by atoms with Gasteiger partial charge in [-0.25, -0.2) is 4.79 Å². The van der Waals surface area contributed by atoms with Crippen LogP contribution in [0.5, 0.6) is 0 Å². The summed E-state index contributed by atoms with van der Waals surface area (Å²) in [6, 6.07) is 27.6. The molecule has 112 valence electrons. The summed E-state index contributed by atoms with van der Waals surface area (Å²) in [6.07, 6.45) is 0. The Morgan fingerprint density at radius 1 is 0.652 bits per heavy atom. The van der Waals surface area contributed by atoms with E-state index in [1.807, 2.05) is 83.8 Å². The van der Waals surface area contributed by atoms with Gasteiger partial charge in [-0.1, -0.05) is 54.6 Å².